The Morgan fingerprint density at radius 2 is 1.93 bits per heavy atom. The molecule has 3 nitrogen and oxygen atoms in total. The van der Waals surface area contributed by atoms with Crippen LogP contribution in [0.15, 0.2) is 28.7 Å². The summed E-state index contributed by atoms with van der Waals surface area (Å²) in [6.07, 6.45) is 0. The largest absolute Gasteiger partial charge is 0.378 e. The molecule has 0 aromatic heterocycles. The topological polar surface area (TPSA) is 36.3 Å². The van der Waals surface area contributed by atoms with Crippen LogP contribution < -0.4 is 0 Å². The summed E-state index contributed by atoms with van der Waals surface area (Å²) in [5.74, 6) is 0.575. The quantitative estimate of drug-likeness (QED) is 0.626. The van der Waals surface area contributed by atoms with Crippen molar-refractivity contribution in [1.82, 2.24) is 4.90 Å². The third kappa shape index (κ3) is 2.38. The number of halogens is 1. The lowest BCUT2D eigenvalue weighted by Crippen LogP contribution is -2.40. The highest BCUT2D eigenvalue weighted by molar-refractivity contribution is 9.10. The van der Waals surface area contributed by atoms with Gasteiger partial charge in [0.15, 0.2) is 0 Å². The second kappa shape index (κ2) is 4.77. The number of amidine groups is 1. The zero-order valence-electron chi connectivity index (χ0n) is 8.37. The third-order valence-corrected chi connectivity index (χ3v) is 3.15. The van der Waals surface area contributed by atoms with Gasteiger partial charge in [0.1, 0.15) is 5.84 Å². The number of morpholine rings is 1. The highest BCUT2D eigenvalue weighted by Crippen LogP contribution is 2.18. The zero-order chi connectivity index (χ0) is 10.7. The standard InChI is InChI=1S/C11H13BrN2O/c12-10-4-2-1-3-9(10)11(13)14-5-7-15-8-6-14/h1-4,13H,5-8H2. The second-order valence-corrected chi connectivity index (χ2v) is 4.28. The van der Waals surface area contributed by atoms with Gasteiger partial charge in [-0.3, -0.25) is 5.41 Å². The molecule has 1 N–H and O–H groups in total. The molecule has 80 valence electrons. The van der Waals surface area contributed by atoms with Gasteiger partial charge >= 0.3 is 0 Å². The van der Waals surface area contributed by atoms with Crippen LogP contribution in [0.1, 0.15) is 5.56 Å². The molecule has 0 amide bonds. The van der Waals surface area contributed by atoms with Crippen LogP contribution in [-0.2, 0) is 4.74 Å². The van der Waals surface area contributed by atoms with E-state index in [4.69, 9.17) is 10.1 Å². The molecule has 1 fully saturated rings. The Morgan fingerprint density at radius 3 is 2.60 bits per heavy atom. The third-order valence-electron chi connectivity index (χ3n) is 2.46. The normalized spacial score (nSPS) is 16.5. The average Bonchev–Trinajstić information content (AvgIpc) is 2.30. The van der Waals surface area contributed by atoms with Gasteiger partial charge in [0, 0.05) is 23.1 Å². The van der Waals surface area contributed by atoms with E-state index in [1.54, 1.807) is 0 Å². The maximum atomic E-state index is 8.11. The number of rotatable bonds is 1. The van der Waals surface area contributed by atoms with Gasteiger partial charge < -0.3 is 9.64 Å². The van der Waals surface area contributed by atoms with Crippen LogP contribution in [0, 0.1) is 5.41 Å². The molecule has 1 heterocycles. The highest BCUT2D eigenvalue weighted by Gasteiger charge is 2.16. The lowest BCUT2D eigenvalue weighted by atomic mass is 10.2. The number of ether oxygens (including phenoxy) is 1. The molecule has 0 aliphatic carbocycles. The van der Waals surface area contributed by atoms with Gasteiger partial charge in [-0.2, -0.15) is 0 Å². The number of benzene rings is 1. The Hall–Kier alpha value is -0.870. The van der Waals surface area contributed by atoms with Crippen molar-refractivity contribution in [2.24, 2.45) is 0 Å². The van der Waals surface area contributed by atoms with Crippen molar-refractivity contribution in [3.63, 3.8) is 0 Å². The summed E-state index contributed by atoms with van der Waals surface area (Å²) in [7, 11) is 0. The fourth-order valence-corrected chi connectivity index (χ4v) is 2.08. The number of hydrogen-bond acceptors (Lipinski definition) is 2. The second-order valence-electron chi connectivity index (χ2n) is 3.43. The Bertz CT molecular complexity index is 361. The summed E-state index contributed by atoms with van der Waals surface area (Å²) in [5.41, 5.74) is 0.944. The van der Waals surface area contributed by atoms with Gasteiger partial charge in [0.25, 0.3) is 0 Å². The van der Waals surface area contributed by atoms with Crippen molar-refractivity contribution in [3.05, 3.63) is 34.3 Å². The molecule has 1 aromatic rings. The minimum Gasteiger partial charge on any atom is -0.378 e. The van der Waals surface area contributed by atoms with Crippen LogP contribution in [0.25, 0.3) is 0 Å². The van der Waals surface area contributed by atoms with Crippen LogP contribution in [-0.4, -0.2) is 37.0 Å². The van der Waals surface area contributed by atoms with Crippen LogP contribution in [0.4, 0.5) is 0 Å². The molecule has 1 aliphatic rings. The number of nitrogens with zero attached hydrogens (tertiary/aromatic N) is 1. The van der Waals surface area contributed by atoms with Gasteiger partial charge in [-0.05, 0) is 6.07 Å². The molecule has 0 saturated carbocycles. The van der Waals surface area contributed by atoms with Crippen molar-refractivity contribution >= 4 is 21.8 Å². The SMILES string of the molecule is N=C(c1ccccc1Br)N1CCOCC1. The van der Waals surface area contributed by atoms with E-state index in [0.717, 1.165) is 23.1 Å². The smallest absolute Gasteiger partial charge is 0.129 e. The molecule has 1 aliphatic heterocycles. The van der Waals surface area contributed by atoms with E-state index in [-0.39, 0.29) is 0 Å². The summed E-state index contributed by atoms with van der Waals surface area (Å²) < 4.78 is 6.24. The zero-order valence-corrected chi connectivity index (χ0v) is 9.96. The van der Waals surface area contributed by atoms with Gasteiger partial charge in [0.05, 0.1) is 13.2 Å². The van der Waals surface area contributed by atoms with E-state index in [0.29, 0.717) is 19.0 Å². The van der Waals surface area contributed by atoms with E-state index in [1.165, 1.54) is 0 Å². The van der Waals surface area contributed by atoms with Crippen molar-refractivity contribution < 1.29 is 4.74 Å². The fraction of sp³-hybridized carbons (Fsp3) is 0.364. The average molecular weight is 269 g/mol. The molecule has 0 spiro atoms. The lowest BCUT2D eigenvalue weighted by molar-refractivity contribution is 0.0679. The molecular weight excluding hydrogens is 256 g/mol. The van der Waals surface area contributed by atoms with E-state index in [1.807, 2.05) is 29.2 Å². The van der Waals surface area contributed by atoms with Crippen molar-refractivity contribution in [2.75, 3.05) is 26.3 Å². The van der Waals surface area contributed by atoms with Gasteiger partial charge in [-0.1, -0.05) is 34.1 Å². The van der Waals surface area contributed by atoms with Crippen LogP contribution in [0.3, 0.4) is 0 Å². The van der Waals surface area contributed by atoms with Crippen LogP contribution in [0.5, 0.6) is 0 Å². The Kier molecular flexibility index (Phi) is 3.38. The van der Waals surface area contributed by atoms with Gasteiger partial charge in [0.2, 0.25) is 0 Å². The van der Waals surface area contributed by atoms with Crippen LogP contribution in [0.2, 0.25) is 0 Å². The number of hydrogen-bond donors (Lipinski definition) is 1. The Morgan fingerprint density at radius 1 is 1.27 bits per heavy atom. The van der Waals surface area contributed by atoms with E-state index < -0.39 is 0 Å². The molecule has 0 unspecified atom stereocenters. The van der Waals surface area contributed by atoms with Gasteiger partial charge in [-0.15, -0.1) is 0 Å². The van der Waals surface area contributed by atoms with E-state index in [9.17, 15) is 0 Å². The molecular formula is C11H13BrN2O. The maximum absolute atomic E-state index is 8.11. The fourth-order valence-electron chi connectivity index (χ4n) is 1.61. The summed E-state index contributed by atoms with van der Waals surface area (Å²) >= 11 is 3.46. The molecule has 1 aromatic carbocycles. The number of nitrogens with one attached hydrogen (secondary N) is 1. The molecule has 0 radical (unpaired) electrons. The van der Waals surface area contributed by atoms with E-state index >= 15 is 0 Å². The first kappa shape index (κ1) is 10.6. The minimum absolute atomic E-state index is 0.575. The maximum Gasteiger partial charge on any atom is 0.129 e. The first-order valence-electron chi connectivity index (χ1n) is 4.95. The first-order valence-corrected chi connectivity index (χ1v) is 5.74. The van der Waals surface area contributed by atoms with Gasteiger partial charge in [-0.25, -0.2) is 0 Å². The Balaban J connectivity index is 2.16. The minimum atomic E-state index is 0.575. The summed E-state index contributed by atoms with van der Waals surface area (Å²) in [6, 6.07) is 7.83. The van der Waals surface area contributed by atoms with Crippen molar-refractivity contribution in [1.29, 1.82) is 5.41 Å². The summed E-state index contributed by atoms with van der Waals surface area (Å²) in [5, 5.41) is 8.11. The highest BCUT2D eigenvalue weighted by atomic mass is 79.9. The molecule has 0 bridgehead atoms. The first-order chi connectivity index (χ1) is 7.29. The predicted molar refractivity (Wildman–Crippen MR) is 63.4 cm³/mol. The molecule has 4 heteroatoms. The molecule has 0 atom stereocenters. The van der Waals surface area contributed by atoms with E-state index in [2.05, 4.69) is 15.9 Å². The molecule has 2 rings (SSSR count). The van der Waals surface area contributed by atoms with Crippen LogP contribution >= 0.6 is 15.9 Å². The Labute approximate surface area is 97.7 Å². The van der Waals surface area contributed by atoms with Crippen molar-refractivity contribution in [2.45, 2.75) is 0 Å². The lowest BCUT2D eigenvalue weighted by Gasteiger charge is -2.29. The predicted octanol–water partition coefficient (Wildman–Crippen LogP) is 2.11. The molecule has 15 heavy (non-hydrogen) atoms. The summed E-state index contributed by atoms with van der Waals surface area (Å²) in [4.78, 5) is 2.05. The summed E-state index contributed by atoms with van der Waals surface area (Å²) in [6.45, 7) is 3.04. The molecule has 1 saturated heterocycles. The van der Waals surface area contributed by atoms with Crippen molar-refractivity contribution in [3.8, 4) is 0 Å². The monoisotopic (exact) mass is 268 g/mol.